The number of piperazine rings is 1. The third-order valence-electron chi connectivity index (χ3n) is 5.45. The molecule has 4 heteroatoms. The molecule has 0 spiro atoms. The highest BCUT2D eigenvalue weighted by Crippen LogP contribution is 2.16. The summed E-state index contributed by atoms with van der Waals surface area (Å²) in [5, 5.41) is 19.1. The maximum absolute atomic E-state index is 9.87. The molecule has 148 valence electrons. The summed E-state index contributed by atoms with van der Waals surface area (Å²) in [5.74, 6) is 0. The van der Waals surface area contributed by atoms with Gasteiger partial charge in [0, 0.05) is 39.3 Å². The van der Waals surface area contributed by atoms with E-state index in [1.165, 1.54) is 11.1 Å². The summed E-state index contributed by atoms with van der Waals surface area (Å²) < 4.78 is 0. The fourth-order valence-corrected chi connectivity index (χ4v) is 3.63. The minimum absolute atomic E-state index is 0.605. The van der Waals surface area contributed by atoms with Crippen LogP contribution in [0, 0.1) is 11.3 Å². The molecule has 28 heavy (non-hydrogen) atoms. The van der Waals surface area contributed by atoms with Crippen LogP contribution in [0.4, 0.5) is 0 Å². The van der Waals surface area contributed by atoms with E-state index in [9.17, 15) is 10.4 Å². The molecule has 1 N–H and O–H groups in total. The molecule has 0 atom stereocenters. The number of benzene rings is 2. The van der Waals surface area contributed by atoms with Crippen LogP contribution in [0.25, 0.3) is 0 Å². The molecule has 0 radical (unpaired) electrons. The zero-order chi connectivity index (χ0) is 20.0. The van der Waals surface area contributed by atoms with Crippen LogP contribution in [0.5, 0.6) is 0 Å². The minimum Gasteiger partial charge on any atom is -0.390 e. The SMILES string of the molecule is CC(C)(O)CCc1ccc(CN2CCN(Cc3ccccc3C#N)CC2)cc1. The number of nitriles is 1. The quantitative estimate of drug-likeness (QED) is 0.801. The van der Waals surface area contributed by atoms with Gasteiger partial charge in [0.05, 0.1) is 17.2 Å². The average Bonchev–Trinajstić information content (AvgIpc) is 2.69. The second-order valence-corrected chi connectivity index (χ2v) is 8.45. The first-order valence-corrected chi connectivity index (χ1v) is 10.2. The maximum atomic E-state index is 9.87. The Morgan fingerprint density at radius 2 is 1.46 bits per heavy atom. The molecule has 0 bridgehead atoms. The Kier molecular flexibility index (Phi) is 6.85. The fourth-order valence-electron chi connectivity index (χ4n) is 3.63. The molecule has 0 amide bonds. The van der Waals surface area contributed by atoms with Gasteiger partial charge in [0.25, 0.3) is 0 Å². The Labute approximate surface area is 169 Å². The molecule has 2 aromatic carbocycles. The Hall–Kier alpha value is -2.19. The topological polar surface area (TPSA) is 50.5 Å². The molecule has 0 aliphatic carbocycles. The third kappa shape index (κ3) is 6.17. The molecule has 0 unspecified atom stereocenters. The van der Waals surface area contributed by atoms with Crippen molar-refractivity contribution in [2.24, 2.45) is 0 Å². The van der Waals surface area contributed by atoms with Crippen LogP contribution in [0.1, 0.15) is 42.5 Å². The lowest BCUT2D eigenvalue weighted by Gasteiger charge is -2.35. The highest BCUT2D eigenvalue weighted by atomic mass is 16.3. The first-order chi connectivity index (χ1) is 13.4. The summed E-state index contributed by atoms with van der Waals surface area (Å²) in [4.78, 5) is 4.94. The lowest BCUT2D eigenvalue weighted by atomic mass is 9.98. The average molecular weight is 378 g/mol. The van der Waals surface area contributed by atoms with Crippen LogP contribution in [0.3, 0.4) is 0 Å². The number of nitrogens with zero attached hydrogens (tertiary/aromatic N) is 3. The Morgan fingerprint density at radius 1 is 0.893 bits per heavy atom. The van der Waals surface area contributed by atoms with Crippen LogP contribution in [0.15, 0.2) is 48.5 Å². The van der Waals surface area contributed by atoms with Gasteiger partial charge in [0.15, 0.2) is 0 Å². The molecule has 3 rings (SSSR count). The largest absolute Gasteiger partial charge is 0.390 e. The van der Waals surface area contributed by atoms with Crippen molar-refractivity contribution in [3.63, 3.8) is 0 Å². The van der Waals surface area contributed by atoms with E-state index in [-0.39, 0.29) is 0 Å². The zero-order valence-corrected chi connectivity index (χ0v) is 17.1. The minimum atomic E-state index is -0.605. The van der Waals surface area contributed by atoms with Gasteiger partial charge >= 0.3 is 0 Å². The number of aryl methyl sites for hydroxylation is 1. The van der Waals surface area contributed by atoms with E-state index in [1.54, 1.807) is 0 Å². The van der Waals surface area contributed by atoms with Gasteiger partial charge in [-0.05, 0) is 49.4 Å². The van der Waals surface area contributed by atoms with E-state index in [4.69, 9.17) is 0 Å². The molecule has 1 saturated heterocycles. The van der Waals surface area contributed by atoms with Crippen molar-refractivity contribution in [3.8, 4) is 6.07 Å². The summed E-state index contributed by atoms with van der Waals surface area (Å²) >= 11 is 0. The highest BCUT2D eigenvalue weighted by molar-refractivity contribution is 5.37. The molecule has 1 aliphatic heterocycles. The van der Waals surface area contributed by atoms with Gasteiger partial charge in [-0.25, -0.2) is 0 Å². The number of hydrogen-bond donors (Lipinski definition) is 1. The summed E-state index contributed by atoms with van der Waals surface area (Å²) in [5.41, 5.74) is 3.93. The normalized spacial score (nSPS) is 16.1. The summed E-state index contributed by atoms with van der Waals surface area (Å²) in [7, 11) is 0. The van der Waals surface area contributed by atoms with E-state index in [1.807, 2.05) is 32.0 Å². The Morgan fingerprint density at radius 3 is 2.07 bits per heavy atom. The Balaban J connectivity index is 1.46. The van der Waals surface area contributed by atoms with Crippen molar-refractivity contribution in [3.05, 3.63) is 70.8 Å². The van der Waals surface area contributed by atoms with Gasteiger partial charge in [-0.3, -0.25) is 9.80 Å². The predicted octanol–water partition coefficient (Wildman–Crippen LogP) is 3.58. The van der Waals surface area contributed by atoms with Crippen molar-refractivity contribution in [2.45, 2.75) is 45.4 Å². The van der Waals surface area contributed by atoms with E-state index in [0.717, 1.165) is 63.2 Å². The molecule has 0 aromatic heterocycles. The summed E-state index contributed by atoms with van der Waals surface area (Å²) in [6.07, 6.45) is 1.69. The first-order valence-electron chi connectivity index (χ1n) is 10.2. The Bertz CT molecular complexity index is 794. The molecule has 4 nitrogen and oxygen atoms in total. The smallest absolute Gasteiger partial charge is 0.0995 e. The molecule has 1 heterocycles. The molecular formula is C24H31N3O. The number of hydrogen-bond acceptors (Lipinski definition) is 4. The second kappa shape index (κ2) is 9.34. The van der Waals surface area contributed by atoms with E-state index in [0.29, 0.717) is 0 Å². The van der Waals surface area contributed by atoms with Crippen molar-refractivity contribution in [1.29, 1.82) is 5.26 Å². The van der Waals surface area contributed by atoms with Gasteiger partial charge in [0.2, 0.25) is 0 Å². The van der Waals surface area contributed by atoms with Gasteiger partial charge in [-0.1, -0.05) is 42.5 Å². The van der Waals surface area contributed by atoms with Crippen molar-refractivity contribution >= 4 is 0 Å². The van der Waals surface area contributed by atoms with Crippen LogP contribution in [0.2, 0.25) is 0 Å². The molecule has 1 fully saturated rings. The molecule has 2 aromatic rings. The standard InChI is InChI=1S/C24H31N3O/c1-24(2,28)12-11-20-7-9-21(10-8-20)18-26-13-15-27(16-14-26)19-23-6-4-3-5-22(23)17-25/h3-10,28H,11-16,18-19H2,1-2H3. The van der Waals surface area contributed by atoms with E-state index < -0.39 is 5.60 Å². The van der Waals surface area contributed by atoms with Crippen molar-refractivity contribution < 1.29 is 5.11 Å². The van der Waals surface area contributed by atoms with Crippen molar-refractivity contribution in [1.82, 2.24) is 9.80 Å². The molecule has 0 saturated carbocycles. The van der Waals surface area contributed by atoms with Crippen LogP contribution >= 0.6 is 0 Å². The number of aliphatic hydroxyl groups is 1. The third-order valence-corrected chi connectivity index (χ3v) is 5.45. The van der Waals surface area contributed by atoms with Crippen LogP contribution in [-0.2, 0) is 19.5 Å². The van der Waals surface area contributed by atoms with Gasteiger partial charge in [-0.2, -0.15) is 5.26 Å². The number of rotatable bonds is 7. The predicted molar refractivity (Wildman–Crippen MR) is 113 cm³/mol. The maximum Gasteiger partial charge on any atom is 0.0995 e. The summed E-state index contributed by atoms with van der Waals surface area (Å²) in [6, 6.07) is 19.0. The lowest BCUT2D eigenvalue weighted by Crippen LogP contribution is -2.45. The summed E-state index contributed by atoms with van der Waals surface area (Å²) in [6.45, 7) is 9.72. The van der Waals surface area contributed by atoms with E-state index >= 15 is 0 Å². The van der Waals surface area contributed by atoms with Crippen LogP contribution < -0.4 is 0 Å². The lowest BCUT2D eigenvalue weighted by molar-refractivity contribution is 0.0714. The molecule has 1 aliphatic rings. The first kappa shape index (κ1) is 20.5. The van der Waals surface area contributed by atoms with Gasteiger partial charge in [0.1, 0.15) is 0 Å². The zero-order valence-electron chi connectivity index (χ0n) is 17.1. The highest BCUT2D eigenvalue weighted by Gasteiger charge is 2.18. The van der Waals surface area contributed by atoms with Gasteiger partial charge in [-0.15, -0.1) is 0 Å². The van der Waals surface area contributed by atoms with E-state index in [2.05, 4.69) is 46.2 Å². The second-order valence-electron chi connectivity index (χ2n) is 8.45. The van der Waals surface area contributed by atoms with Gasteiger partial charge < -0.3 is 5.11 Å². The fraction of sp³-hybridized carbons (Fsp3) is 0.458. The monoisotopic (exact) mass is 377 g/mol. The van der Waals surface area contributed by atoms with Crippen LogP contribution in [-0.4, -0.2) is 46.7 Å². The molecular weight excluding hydrogens is 346 g/mol. The van der Waals surface area contributed by atoms with Crippen molar-refractivity contribution in [2.75, 3.05) is 26.2 Å².